The van der Waals surface area contributed by atoms with Crippen molar-refractivity contribution >= 4 is 16.9 Å². The Labute approximate surface area is 72.2 Å². The van der Waals surface area contributed by atoms with Crippen molar-refractivity contribution in [3.8, 4) is 0 Å². The maximum Gasteiger partial charge on any atom is 0.203 e. The van der Waals surface area contributed by atoms with Crippen LogP contribution in [0.2, 0.25) is 0 Å². The van der Waals surface area contributed by atoms with Gasteiger partial charge in [-0.3, -0.25) is 4.79 Å². The Morgan fingerprint density at radius 2 is 2.00 bits per heavy atom. The third-order valence-corrected chi connectivity index (χ3v) is 3.47. The molecule has 62 valence electrons. The summed E-state index contributed by atoms with van der Waals surface area (Å²) in [4.78, 5) is 11.4. The molecule has 1 aliphatic heterocycles. The fourth-order valence-electron chi connectivity index (χ4n) is 0.979. The molecule has 1 unspecified atom stereocenters. The van der Waals surface area contributed by atoms with Crippen molar-refractivity contribution in [1.82, 2.24) is 0 Å². The summed E-state index contributed by atoms with van der Waals surface area (Å²) >= 11 is 1.31. The molecule has 11 heavy (non-hydrogen) atoms. The SMILES string of the molecule is CC(C)(C)C1(C)C=CSC1=O. The van der Waals surface area contributed by atoms with Gasteiger partial charge in [0.25, 0.3) is 0 Å². The normalized spacial score (nSPS) is 31.5. The standard InChI is InChI=1S/C9H14OS/c1-8(2,3)9(4)5-6-11-7(9)10/h5-6H,1-4H3. The highest BCUT2D eigenvalue weighted by atomic mass is 32.2. The van der Waals surface area contributed by atoms with Crippen LogP contribution in [0.3, 0.4) is 0 Å². The van der Waals surface area contributed by atoms with Gasteiger partial charge in [0.05, 0.1) is 5.41 Å². The molecule has 0 aromatic carbocycles. The fourth-order valence-corrected chi connectivity index (χ4v) is 2.06. The Morgan fingerprint density at radius 1 is 1.45 bits per heavy atom. The second kappa shape index (κ2) is 2.37. The van der Waals surface area contributed by atoms with Gasteiger partial charge in [-0.2, -0.15) is 0 Å². The third kappa shape index (κ3) is 1.24. The van der Waals surface area contributed by atoms with Gasteiger partial charge in [-0.25, -0.2) is 0 Å². The van der Waals surface area contributed by atoms with E-state index < -0.39 is 0 Å². The number of hydrogen-bond donors (Lipinski definition) is 0. The molecular formula is C9H14OS. The largest absolute Gasteiger partial charge is 0.286 e. The molecule has 0 radical (unpaired) electrons. The van der Waals surface area contributed by atoms with E-state index >= 15 is 0 Å². The average molecular weight is 170 g/mol. The van der Waals surface area contributed by atoms with Crippen LogP contribution in [-0.4, -0.2) is 5.12 Å². The molecule has 1 nitrogen and oxygen atoms in total. The van der Waals surface area contributed by atoms with Crippen molar-refractivity contribution in [1.29, 1.82) is 0 Å². The molecule has 0 aromatic heterocycles. The molecule has 0 aliphatic carbocycles. The van der Waals surface area contributed by atoms with Crippen LogP contribution < -0.4 is 0 Å². The molecule has 1 aliphatic rings. The van der Waals surface area contributed by atoms with Crippen LogP contribution in [0.15, 0.2) is 11.5 Å². The molecule has 0 amide bonds. The predicted octanol–water partition coefficient (Wildman–Crippen LogP) is 2.83. The van der Waals surface area contributed by atoms with Crippen molar-refractivity contribution in [2.45, 2.75) is 27.7 Å². The fraction of sp³-hybridized carbons (Fsp3) is 0.667. The number of rotatable bonds is 0. The summed E-state index contributed by atoms with van der Waals surface area (Å²) in [6.07, 6.45) is 2.01. The number of carbonyl (C=O) groups excluding carboxylic acids is 1. The lowest BCUT2D eigenvalue weighted by Gasteiger charge is -2.34. The van der Waals surface area contributed by atoms with Crippen molar-refractivity contribution in [2.24, 2.45) is 10.8 Å². The minimum absolute atomic E-state index is 0.0318. The summed E-state index contributed by atoms with van der Waals surface area (Å²) in [5, 5.41) is 2.16. The van der Waals surface area contributed by atoms with Gasteiger partial charge in [-0.05, 0) is 17.7 Å². The highest BCUT2D eigenvalue weighted by molar-refractivity contribution is 8.16. The molecule has 0 aromatic rings. The van der Waals surface area contributed by atoms with E-state index in [1.807, 2.05) is 18.4 Å². The first-order valence-electron chi connectivity index (χ1n) is 3.77. The first-order valence-corrected chi connectivity index (χ1v) is 4.65. The van der Waals surface area contributed by atoms with Crippen LogP contribution in [0.4, 0.5) is 0 Å². The molecule has 2 heteroatoms. The van der Waals surface area contributed by atoms with Gasteiger partial charge in [-0.15, -0.1) is 0 Å². The van der Waals surface area contributed by atoms with Crippen molar-refractivity contribution in [3.63, 3.8) is 0 Å². The Kier molecular flexibility index (Phi) is 1.91. The molecule has 0 N–H and O–H groups in total. The molecule has 0 saturated heterocycles. The summed E-state index contributed by atoms with van der Waals surface area (Å²) in [6.45, 7) is 8.30. The van der Waals surface area contributed by atoms with Gasteiger partial charge in [0.15, 0.2) is 0 Å². The molecular weight excluding hydrogens is 156 g/mol. The molecule has 1 heterocycles. The first kappa shape index (κ1) is 8.85. The van der Waals surface area contributed by atoms with Crippen LogP contribution in [0, 0.1) is 10.8 Å². The minimum Gasteiger partial charge on any atom is -0.286 e. The Bertz CT molecular complexity index is 212. The van der Waals surface area contributed by atoms with Gasteiger partial charge in [0.1, 0.15) is 0 Å². The van der Waals surface area contributed by atoms with Crippen molar-refractivity contribution in [3.05, 3.63) is 11.5 Å². The van der Waals surface area contributed by atoms with E-state index in [4.69, 9.17) is 0 Å². The van der Waals surface area contributed by atoms with Gasteiger partial charge in [0.2, 0.25) is 5.12 Å². The zero-order chi connectivity index (χ0) is 8.70. The van der Waals surface area contributed by atoms with Gasteiger partial charge >= 0.3 is 0 Å². The second-order valence-electron chi connectivity index (χ2n) is 4.16. The second-order valence-corrected chi connectivity index (χ2v) is 5.04. The van der Waals surface area contributed by atoms with Gasteiger partial charge < -0.3 is 0 Å². The predicted molar refractivity (Wildman–Crippen MR) is 49.3 cm³/mol. The van der Waals surface area contributed by atoms with Crippen molar-refractivity contribution < 1.29 is 4.79 Å². The van der Waals surface area contributed by atoms with E-state index in [9.17, 15) is 4.79 Å². The summed E-state index contributed by atoms with van der Waals surface area (Å²) in [6, 6.07) is 0. The Hall–Kier alpha value is -0.240. The number of allylic oxidation sites excluding steroid dienone is 1. The molecule has 1 atom stereocenters. The van der Waals surface area contributed by atoms with Crippen LogP contribution in [0.5, 0.6) is 0 Å². The van der Waals surface area contributed by atoms with Crippen molar-refractivity contribution in [2.75, 3.05) is 0 Å². The monoisotopic (exact) mass is 170 g/mol. The number of hydrogen-bond acceptors (Lipinski definition) is 2. The quantitative estimate of drug-likeness (QED) is 0.556. The maximum absolute atomic E-state index is 11.4. The lowest BCUT2D eigenvalue weighted by atomic mass is 9.69. The molecule has 1 rings (SSSR count). The lowest BCUT2D eigenvalue weighted by molar-refractivity contribution is -0.120. The molecule has 0 bridgehead atoms. The average Bonchev–Trinajstić information content (AvgIpc) is 2.12. The molecule has 0 spiro atoms. The number of carbonyl (C=O) groups is 1. The number of thioether (sulfide) groups is 1. The van der Waals surface area contributed by atoms with Gasteiger partial charge in [-0.1, -0.05) is 38.6 Å². The summed E-state index contributed by atoms with van der Waals surface area (Å²) < 4.78 is 0. The highest BCUT2D eigenvalue weighted by Gasteiger charge is 2.44. The Balaban J connectivity index is 2.99. The zero-order valence-electron chi connectivity index (χ0n) is 7.47. The van der Waals surface area contributed by atoms with Gasteiger partial charge in [0, 0.05) is 0 Å². The van der Waals surface area contributed by atoms with E-state index in [0.29, 0.717) is 0 Å². The van der Waals surface area contributed by atoms with E-state index in [2.05, 4.69) is 20.8 Å². The van der Waals surface area contributed by atoms with E-state index in [-0.39, 0.29) is 15.9 Å². The summed E-state index contributed by atoms with van der Waals surface area (Å²) in [5.41, 5.74) is -0.234. The van der Waals surface area contributed by atoms with E-state index in [1.165, 1.54) is 11.8 Å². The highest BCUT2D eigenvalue weighted by Crippen LogP contribution is 2.47. The maximum atomic E-state index is 11.4. The van der Waals surface area contributed by atoms with E-state index in [1.54, 1.807) is 0 Å². The van der Waals surface area contributed by atoms with Crippen LogP contribution in [0.1, 0.15) is 27.7 Å². The Morgan fingerprint density at radius 3 is 2.18 bits per heavy atom. The van der Waals surface area contributed by atoms with E-state index in [0.717, 1.165) is 0 Å². The third-order valence-electron chi connectivity index (χ3n) is 2.56. The topological polar surface area (TPSA) is 17.1 Å². The smallest absolute Gasteiger partial charge is 0.203 e. The summed E-state index contributed by atoms with van der Waals surface area (Å²) in [5.74, 6) is 0. The van der Waals surface area contributed by atoms with Crippen LogP contribution in [-0.2, 0) is 4.79 Å². The lowest BCUT2D eigenvalue weighted by Crippen LogP contribution is -2.34. The zero-order valence-corrected chi connectivity index (χ0v) is 8.29. The molecule has 0 fully saturated rings. The molecule has 0 saturated carbocycles. The van der Waals surface area contributed by atoms with Crippen LogP contribution >= 0.6 is 11.8 Å². The first-order chi connectivity index (χ1) is 4.88. The van der Waals surface area contributed by atoms with Crippen LogP contribution in [0.25, 0.3) is 0 Å². The minimum atomic E-state index is -0.266. The summed E-state index contributed by atoms with van der Waals surface area (Å²) in [7, 11) is 0.